The van der Waals surface area contributed by atoms with Crippen LogP contribution < -0.4 is 5.32 Å². The zero-order valence-electron chi connectivity index (χ0n) is 12.7. The topological polar surface area (TPSA) is 58.6 Å². The molecule has 1 rings (SSSR count). The summed E-state index contributed by atoms with van der Waals surface area (Å²) in [6.45, 7) is 8.95. The Morgan fingerprint density at radius 3 is 2.58 bits per heavy atom. The first-order valence-corrected chi connectivity index (χ1v) is 6.88. The molecule has 1 unspecified atom stereocenters. The molecule has 0 aromatic heterocycles. The minimum atomic E-state index is -0.400. The third-order valence-electron chi connectivity index (χ3n) is 3.39. The molecule has 19 heavy (non-hydrogen) atoms. The van der Waals surface area contributed by atoms with Crippen LogP contribution in [0.15, 0.2) is 0 Å². The van der Waals surface area contributed by atoms with E-state index in [2.05, 4.69) is 5.32 Å². The van der Waals surface area contributed by atoms with Crippen molar-refractivity contribution in [2.24, 2.45) is 5.92 Å². The molecule has 1 N–H and O–H groups in total. The Balaban J connectivity index is 2.80. The average molecular weight is 270 g/mol. The number of hydrogen-bond donors (Lipinski definition) is 1. The Bertz CT molecular complexity index is 340. The van der Waals surface area contributed by atoms with E-state index in [-0.39, 0.29) is 11.8 Å². The summed E-state index contributed by atoms with van der Waals surface area (Å²) in [5.41, 5.74) is -0.397. The molecule has 0 bridgehead atoms. The fourth-order valence-electron chi connectivity index (χ4n) is 2.21. The molecule has 5 heteroatoms. The standard InChI is InChI=1S/C14H26N2O3/c1-10(2)8-11-13(18)16(7-6-12(17)15-11)9-14(3,4)19-5/h10-11H,6-9H2,1-5H3,(H,15,17). The highest BCUT2D eigenvalue weighted by molar-refractivity contribution is 5.90. The van der Waals surface area contributed by atoms with Gasteiger partial charge in [0.25, 0.3) is 0 Å². The van der Waals surface area contributed by atoms with Crippen molar-refractivity contribution < 1.29 is 14.3 Å². The molecule has 1 heterocycles. The Hall–Kier alpha value is -1.10. The zero-order valence-corrected chi connectivity index (χ0v) is 12.7. The zero-order chi connectivity index (χ0) is 14.6. The van der Waals surface area contributed by atoms with Gasteiger partial charge in [-0.15, -0.1) is 0 Å². The molecule has 0 spiro atoms. The van der Waals surface area contributed by atoms with Crippen molar-refractivity contribution in [1.82, 2.24) is 10.2 Å². The lowest BCUT2D eigenvalue weighted by Gasteiger charge is -2.32. The average Bonchev–Trinajstić information content (AvgIpc) is 2.42. The van der Waals surface area contributed by atoms with E-state index in [4.69, 9.17) is 4.74 Å². The lowest BCUT2D eigenvalue weighted by atomic mass is 10.0. The number of nitrogens with zero attached hydrogens (tertiary/aromatic N) is 1. The van der Waals surface area contributed by atoms with E-state index in [9.17, 15) is 9.59 Å². The molecule has 0 radical (unpaired) electrons. The fraction of sp³-hybridized carbons (Fsp3) is 0.857. The van der Waals surface area contributed by atoms with Gasteiger partial charge in [-0.1, -0.05) is 13.8 Å². The predicted molar refractivity (Wildman–Crippen MR) is 73.7 cm³/mol. The minimum absolute atomic E-state index is 0.00433. The summed E-state index contributed by atoms with van der Waals surface area (Å²) in [7, 11) is 1.64. The Labute approximate surface area is 115 Å². The van der Waals surface area contributed by atoms with Gasteiger partial charge in [-0.25, -0.2) is 0 Å². The lowest BCUT2D eigenvalue weighted by Crippen LogP contribution is -2.49. The first kappa shape index (κ1) is 16.0. The summed E-state index contributed by atoms with van der Waals surface area (Å²) in [5.74, 6) is 0.325. The molecule has 0 saturated carbocycles. The van der Waals surface area contributed by atoms with Crippen molar-refractivity contribution in [3.05, 3.63) is 0 Å². The molecular formula is C14H26N2O3. The van der Waals surface area contributed by atoms with Crippen LogP contribution >= 0.6 is 0 Å². The van der Waals surface area contributed by atoms with E-state index in [1.165, 1.54) is 0 Å². The van der Waals surface area contributed by atoms with Crippen molar-refractivity contribution in [1.29, 1.82) is 0 Å². The fourth-order valence-corrected chi connectivity index (χ4v) is 2.21. The number of amides is 2. The molecule has 0 aromatic carbocycles. The van der Waals surface area contributed by atoms with Gasteiger partial charge in [-0.2, -0.15) is 0 Å². The molecule has 1 atom stereocenters. The van der Waals surface area contributed by atoms with Crippen molar-refractivity contribution in [3.8, 4) is 0 Å². The summed E-state index contributed by atoms with van der Waals surface area (Å²) < 4.78 is 5.37. The van der Waals surface area contributed by atoms with Crippen LogP contribution in [0.1, 0.15) is 40.5 Å². The predicted octanol–water partition coefficient (Wildman–Crippen LogP) is 1.17. The first-order chi connectivity index (χ1) is 8.75. The monoisotopic (exact) mass is 270 g/mol. The van der Waals surface area contributed by atoms with Crippen LogP contribution in [0.5, 0.6) is 0 Å². The highest BCUT2D eigenvalue weighted by Crippen LogP contribution is 2.16. The normalized spacial score (nSPS) is 21.6. The maximum Gasteiger partial charge on any atom is 0.245 e. The molecule has 1 aliphatic rings. The van der Waals surface area contributed by atoms with Gasteiger partial charge in [0, 0.05) is 26.6 Å². The number of carbonyl (C=O) groups excluding carboxylic acids is 2. The summed E-state index contributed by atoms with van der Waals surface area (Å²) in [4.78, 5) is 25.9. The molecule has 2 amide bonds. The summed E-state index contributed by atoms with van der Waals surface area (Å²) in [5, 5.41) is 2.82. The van der Waals surface area contributed by atoms with E-state index in [0.717, 1.165) is 0 Å². The molecule has 1 saturated heterocycles. The van der Waals surface area contributed by atoms with Crippen LogP contribution in [0.3, 0.4) is 0 Å². The van der Waals surface area contributed by atoms with Crippen molar-refractivity contribution in [2.75, 3.05) is 20.2 Å². The molecule has 1 fully saturated rings. The highest BCUT2D eigenvalue weighted by atomic mass is 16.5. The Kier molecular flexibility index (Phi) is 5.35. The third-order valence-corrected chi connectivity index (χ3v) is 3.39. The van der Waals surface area contributed by atoms with E-state index in [1.54, 1.807) is 12.0 Å². The van der Waals surface area contributed by atoms with Gasteiger partial charge in [0.05, 0.1) is 5.60 Å². The van der Waals surface area contributed by atoms with Gasteiger partial charge in [0.1, 0.15) is 6.04 Å². The molecule has 0 aromatic rings. The van der Waals surface area contributed by atoms with Crippen molar-refractivity contribution in [3.63, 3.8) is 0 Å². The number of carbonyl (C=O) groups is 2. The van der Waals surface area contributed by atoms with E-state index in [1.807, 2.05) is 27.7 Å². The number of nitrogens with one attached hydrogen (secondary N) is 1. The van der Waals surface area contributed by atoms with Crippen LogP contribution in [0.2, 0.25) is 0 Å². The molecule has 1 aliphatic heterocycles. The first-order valence-electron chi connectivity index (χ1n) is 6.88. The van der Waals surface area contributed by atoms with Crippen LogP contribution in [-0.2, 0) is 14.3 Å². The Morgan fingerprint density at radius 2 is 2.05 bits per heavy atom. The number of hydrogen-bond acceptors (Lipinski definition) is 3. The van der Waals surface area contributed by atoms with E-state index >= 15 is 0 Å². The smallest absolute Gasteiger partial charge is 0.245 e. The second-order valence-corrected chi connectivity index (χ2v) is 6.22. The van der Waals surface area contributed by atoms with Crippen LogP contribution in [0.25, 0.3) is 0 Å². The maximum atomic E-state index is 12.5. The highest BCUT2D eigenvalue weighted by Gasteiger charge is 2.33. The van der Waals surface area contributed by atoms with Crippen molar-refractivity contribution >= 4 is 11.8 Å². The largest absolute Gasteiger partial charge is 0.377 e. The summed E-state index contributed by atoms with van der Waals surface area (Å²) in [6.07, 6.45) is 1.04. The summed E-state index contributed by atoms with van der Waals surface area (Å²) in [6, 6.07) is -0.400. The van der Waals surface area contributed by atoms with Gasteiger partial charge in [0.15, 0.2) is 0 Å². The van der Waals surface area contributed by atoms with E-state index < -0.39 is 11.6 Å². The number of methoxy groups -OCH3 is 1. The van der Waals surface area contributed by atoms with Crippen molar-refractivity contribution in [2.45, 2.75) is 52.2 Å². The molecule has 5 nitrogen and oxygen atoms in total. The third kappa shape index (κ3) is 4.82. The lowest BCUT2D eigenvalue weighted by molar-refractivity contribution is -0.137. The maximum absolute atomic E-state index is 12.5. The van der Waals surface area contributed by atoms with Gasteiger partial charge in [0.2, 0.25) is 11.8 Å². The van der Waals surface area contributed by atoms with Crippen LogP contribution in [0, 0.1) is 5.92 Å². The van der Waals surface area contributed by atoms with E-state index in [0.29, 0.717) is 31.8 Å². The Morgan fingerprint density at radius 1 is 1.42 bits per heavy atom. The second kappa shape index (κ2) is 6.37. The van der Waals surface area contributed by atoms with Gasteiger partial charge >= 0.3 is 0 Å². The van der Waals surface area contributed by atoms with Gasteiger partial charge in [-0.3, -0.25) is 9.59 Å². The number of rotatable bonds is 5. The second-order valence-electron chi connectivity index (χ2n) is 6.22. The molecule has 0 aliphatic carbocycles. The molecule has 110 valence electrons. The van der Waals surface area contributed by atoms with Gasteiger partial charge < -0.3 is 15.0 Å². The van der Waals surface area contributed by atoms with Crippen LogP contribution in [0.4, 0.5) is 0 Å². The summed E-state index contributed by atoms with van der Waals surface area (Å²) >= 11 is 0. The molecular weight excluding hydrogens is 244 g/mol. The SMILES string of the molecule is COC(C)(C)CN1CCC(=O)NC(CC(C)C)C1=O. The number of ether oxygens (including phenoxy) is 1. The minimum Gasteiger partial charge on any atom is -0.377 e. The van der Waals surface area contributed by atoms with Gasteiger partial charge in [-0.05, 0) is 26.2 Å². The quantitative estimate of drug-likeness (QED) is 0.816. The van der Waals surface area contributed by atoms with Crippen LogP contribution in [-0.4, -0.2) is 48.6 Å².